The van der Waals surface area contributed by atoms with Crippen molar-refractivity contribution in [1.29, 1.82) is 0 Å². The van der Waals surface area contributed by atoms with Crippen LogP contribution in [-0.2, 0) is 14.3 Å². The molecule has 19 heavy (non-hydrogen) atoms. The van der Waals surface area contributed by atoms with E-state index in [2.05, 4.69) is 6.92 Å². The quantitative estimate of drug-likeness (QED) is 0.740. The van der Waals surface area contributed by atoms with Gasteiger partial charge in [-0.1, -0.05) is 13.3 Å². The minimum absolute atomic E-state index is 0.111. The van der Waals surface area contributed by atoms with Crippen molar-refractivity contribution in [2.24, 2.45) is 35.5 Å². The van der Waals surface area contributed by atoms with Crippen molar-refractivity contribution in [3.63, 3.8) is 0 Å². The van der Waals surface area contributed by atoms with Gasteiger partial charge in [-0.05, 0) is 43.9 Å². The van der Waals surface area contributed by atoms with Gasteiger partial charge >= 0.3 is 11.9 Å². The van der Waals surface area contributed by atoms with E-state index in [9.17, 15) is 14.7 Å². The van der Waals surface area contributed by atoms with Crippen LogP contribution in [0.1, 0.15) is 39.5 Å². The van der Waals surface area contributed by atoms with Crippen molar-refractivity contribution in [2.45, 2.75) is 45.6 Å². The van der Waals surface area contributed by atoms with Crippen molar-refractivity contribution in [3.05, 3.63) is 0 Å². The Morgan fingerprint density at radius 3 is 2.68 bits per heavy atom. The molecule has 1 saturated heterocycles. The number of carbonyl (C=O) groups is 2. The number of hydrogen-bond acceptors (Lipinski definition) is 3. The summed E-state index contributed by atoms with van der Waals surface area (Å²) in [4.78, 5) is 23.6. The molecule has 0 spiro atoms. The Bertz CT molecular complexity index is 405. The maximum atomic E-state index is 11.9. The average molecular weight is 266 g/mol. The van der Waals surface area contributed by atoms with Gasteiger partial charge in [0.05, 0.1) is 11.8 Å². The monoisotopic (exact) mass is 266 g/mol. The number of carbonyl (C=O) groups excluding carboxylic acids is 1. The number of carboxylic acids is 1. The summed E-state index contributed by atoms with van der Waals surface area (Å²) < 4.78 is 5.32. The maximum Gasteiger partial charge on any atom is 0.309 e. The third-order valence-corrected chi connectivity index (χ3v) is 5.63. The number of aliphatic carboxylic acids is 1. The zero-order valence-electron chi connectivity index (χ0n) is 11.5. The summed E-state index contributed by atoms with van der Waals surface area (Å²) in [6, 6.07) is 0. The topological polar surface area (TPSA) is 63.6 Å². The summed E-state index contributed by atoms with van der Waals surface area (Å²) in [7, 11) is 0. The Kier molecular flexibility index (Phi) is 3.06. The van der Waals surface area contributed by atoms with Gasteiger partial charge in [0, 0.05) is 5.92 Å². The minimum atomic E-state index is -0.732. The summed E-state index contributed by atoms with van der Waals surface area (Å²) in [5.41, 5.74) is 0. The highest BCUT2D eigenvalue weighted by molar-refractivity contribution is 5.79. The standard InChI is InChI=1S/C15H22O4/c1-7-3-4-10-9(5-7)6-11-12(13(10)14(16)17)8(2)19-15(11)18/h7-13H,3-6H2,1-2H3,(H,16,17)/t7-,8-,9+,10?,11-,12-,13+/m1/s1. The van der Waals surface area contributed by atoms with Crippen LogP contribution in [0.2, 0.25) is 0 Å². The molecule has 2 aliphatic carbocycles. The van der Waals surface area contributed by atoms with Crippen molar-refractivity contribution < 1.29 is 19.4 Å². The van der Waals surface area contributed by atoms with Gasteiger partial charge in [0.2, 0.25) is 0 Å². The van der Waals surface area contributed by atoms with E-state index < -0.39 is 11.9 Å². The second kappa shape index (κ2) is 4.50. The van der Waals surface area contributed by atoms with E-state index in [4.69, 9.17) is 4.74 Å². The van der Waals surface area contributed by atoms with Crippen molar-refractivity contribution in [2.75, 3.05) is 0 Å². The van der Waals surface area contributed by atoms with Crippen LogP contribution in [0, 0.1) is 35.5 Å². The summed E-state index contributed by atoms with van der Waals surface area (Å²) in [6.45, 7) is 4.08. The Labute approximate surface area is 113 Å². The number of carboxylic acid groups (broad SMARTS) is 1. The van der Waals surface area contributed by atoms with Crippen LogP contribution in [0.25, 0.3) is 0 Å². The molecule has 4 nitrogen and oxygen atoms in total. The van der Waals surface area contributed by atoms with Crippen LogP contribution < -0.4 is 0 Å². The Hall–Kier alpha value is -1.06. The van der Waals surface area contributed by atoms with Gasteiger partial charge in [0.15, 0.2) is 0 Å². The lowest BCUT2D eigenvalue weighted by molar-refractivity contribution is -0.153. The number of cyclic esters (lactones) is 1. The highest BCUT2D eigenvalue weighted by Crippen LogP contribution is 2.53. The molecule has 0 amide bonds. The number of rotatable bonds is 1. The Balaban J connectivity index is 1.92. The molecule has 7 atom stereocenters. The first-order valence-electron chi connectivity index (χ1n) is 7.42. The van der Waals surface area contributed by atoms with Gasteiger partial charge in [0.25, 0.3) is 0 Å². The zero-order valence-corrected chi connectivity index (χ0v) is 11.5. The van der Waals surface area contributed by atoms with Crippen LogP contribution in [-0.4, -0.2) is 23.1 Å². The van der Waals surface area contributed by atoms with Crippen LogP contribution in [0.5, 0.6) is 0 Å². The fraction of sp³-hybridized carbons (Fsp3) is 0.867. The third-order valence-electron chi connectivity index (χ3n) is 5.63. The summed E-state index contributed by atoms with van der Waals surface area (Å²) >= 11 is 0. The molecule has 3 aliphatic rings. The molecular formula is C15H22O4. The maximum absolute atomic E-state index is 11.9. The zero-order chi connectivity index (χ0) is 13.7. The fourth-order valence-electron chi connectivity index (χ4n) is 4.85. The summed E-state index contributed by atoms with van der Waals surface area (Å²) in [5.74, 6) is -0.289. The molecule has 0 aromatic carbocycles. The van der Waals surface area contributed by atoms with Gasteiger partial charge in [-0.25, -0.2) is 0 Å². The molecule has 1 aliphatic heterocycles. The van der Waals surface area contributed by atoms with Crippen LogP contribution in [0.15, 0.2) is 0 Å². The summed E-state index contributed by atoms with van der Waals surface area (Å²) in [6.07, 6.45) is 3.78. The molecule has 1 unspecified atom stereocenters. The van der Waals surface area contributed by atoms with Gasteiger partial charge in [-0.15, -0.1) is 0 Å². The van der Waals surface area contributed by atoms with Gasteiger partial charge in [-0.2, -0.15) is 0 Å². The molecule has 4 heteroatoms. The fourth-order valence-corrected chi connectivity index (χ4v) is 4.85. The first-order chi connectivity index (χ1) is 8.99. The SMILES string of the molecule is C[C@@H]1CCC2[C@@H](C1)C[C@H]1C(=O)O[C@H](C)[C@H]1[C@H]2C(=O)O. The first-order valence-corrected chi connectivity index (χ1v) is 7.42. The molecule has 1 N–H and O–H groups in total. The normalized spacial score (nSPS) is 49.2. The van der Waals surface area contributed by atoms with E-state index in [1.807, 2.05) is 6.92 Å². The van der Waals surface area contributed by atoms with E-state index in [0.29, 0.717) is 11.8 Å². The highest BCUT2D eigenvalue weighted by Gasteiger charge is 2.57. The van der Waals surface area contributed by atoms with Crippen molar-refractivity contribution in [1.82, 2.24) is 0 Å². The molecule has 106 valence electrons. The minimum Gasteiger partial charge on any atom is -0.481 e. The average Bonchev–Trinajstić information content (AvgIpc) is 2.61. The number of ether oxygens (including phenoxy) is 1. The molecule has 2 saturated carbocycles. The van der Waals surface area contributed by atoms with Crippen LogP contribution >= 0.6 is 0 Å². The van der Waals surface area contributed by atoms with Crippen LogP contribution in [0.3, 0.4) is 0 Å². The third kappa shape index (κ3) is 1.96. The van der Waals surface area contributed by atoms with Crippen molar-refractivity contribution >= 4 is 11.9 Å². The van der Waals surface area contributed by atoms with Gasteiger partial charge < -0.3 is 9.84 Å². The van der Waals surface area contributed by atoms with E-state index in [1.165, 1.54) is 0 Å². The van der Waals surface area contributed by atoms with Gasteiger partial charge in [0.1, 0.15) is 6.10 Å². The number of hydrogen-bond donors (Lipinski definition) is 1. The molecule has 1 heterocycles. The van der Waals surface area contributed by atoms with E-state index in [0.717, 1.165) is 25.7 Å². The second-order valence-electron chi connectivity index (χ2n) is 6.77. The summed E-state index contributed by atoms with van der Waals surface area (Å²) in [5, 5.41) is 9.63. The lowest BCUT2D eigenvalue weighted by Crippen LogP contribution is -2.47. The number of esters is 1. The molecule has 3 fully saturated rings. The molecule has 0 radical (unpaired) electrons. The van der Waals surface area contributed by atoms with Crippen molar-refractivity contribution in [3.8, 4) is 0 Å². The van der Waals surface area contributed by atoms with Crippen LogP contribution in [0.4, 0.5) is 0 Å². The first kappa shape index (κ1) is 12.9. The molecular weight excluding hydrogens is 244 g/mol. The molecule has 0 aromatic heterocycles. The largest absolute Gasteiger partial charge is 0.481 e. The lowest BCUT2D eigenvalue weighted by atomic mass is 9.56. The smallest absolute Gasteiger partial charge is 0.309 e. The Morgan fingerprint density at radius 1 is 1.26 bits per heavy atom. The molecule has 0 aromatic rings. The Morgan fingerprint density at radius 2 is 2.00 bits per heavy atom. The predicted molar refractivity (Wildman–Crippen MR) is 68.3 cm³/mol. The van der Waals surface area contributed by atoms with E-state index >= 15 is 0 Å². The van der Waals surface area contributed by atoms with E-state index in [-0.39, 0.29) is 29.8 Å². The highest BCUT2D eigenvalue weighted by atomic mass is 16.6. The lowest BCUT2D eigenvalue weighted by Gasteiger charge is -2.46. The second-order valence-corrected chi connectivity index (χ2v) is 6.77. The van der Waals surface area contributed by atoms with Gasteiger partial charge in [-0.3, -0.25) is 9.59 Å². The predicted octanol–water partition coefficient (Wildman–Crippen LogP) is 2.32. The van der Waals surface area contributed by atoms with E-state index in [1.54, 1.807) is 0 Å². The molecule has 3 rings (SSSR count). The number of fused-ring (bicyclic) bond motifs is 2. The molecule has 0 bridgehead atoms.